The van der Waals surface area contributed by atoms with Gasteiger partial charge in [0.2, 0.25) is 0 Å². The molecule has 1 aromatic carbocycles. The number of rotatable bonds is 7. The van der Waals surface area contributed by atoms with Crippen LogP contribution in [0.3, 0.4) is 0 Å². The molecule has 5 nitrogen and oxygen atoms in total. The largest absolute Gasteiger partial charge is 0.356 e. The van der Waals surface area contributed by atoms with Gasteiger partial charge in [-0.05, 0) is 30.5 Å². The number of hydrogen-bond donors (Lipinski definition) is 2. The maximum atomic E-state index is 13.0. The first kappa shape index (κ1) is 21.1. The molecule has 0 heterocycles. The lowest BCUT2D eigenvalue weighted by Crippen LogP contribution is -2.39. The highest BCUT2D eigenvalue weighted by Crippen LogP contribution is 2.03. The summed E-state index contributed by atoms with van der Waals surface area (Å²) in [6, 6.07) is 6.47. The van der Waals surface area contributed by atoms with E-state index in [4.69, 9.17) is 0 Å². The Morgan fingerprint density at radius 1 is 1.27 bits per heavy atom. The quantitative estimate of drug-likeness (QED) is 0.291. The summed E-state index contributed by atoms with van der Waals surface area (Å²) in [7, 11) is -1.27. The van der Waals surface area contributed by atoms with Gasteiger partial charge in [-0.3, -0.25) is 4.99 Å². The zero-order valence-electron chi connectivity index (χ0n) is 12.8. The molecule has 0 aliphatic rings. The summed E-state index contributed by atoms with van der Waals surface area (Å²) in [6.07, 6.45) is 2.43. The minimum atomic E-state index is -2.92. The first-order valence-electron chi connectivity index (χ1n) is 6.77. The third-order valence-corrected chi connectivity index (χ3v) is 3.83. The number of hydrogen-bond acceptors (Lipinski definition) is 3. The number of guanidine groups is 1. The van der Waals surface area contributed by atoms with Gasteiger partial charge >= 0.3 is 0 Å². The molecule has 0 aromatic heterocycles. The number of aliphatic imine (C=N–C) groups is 1. The average Bonchev–Trinajstić information content (AvgIpc) is 2.40. The van der Waals surface area contributed by atoms with E-state index in [1.54, 1.807) is 13.1 Å². The average molecular weight is 443 g/mol. The first-order valence-corrected chi connectivity index (χ1v) is 8.83. The van der Waals surface area contributed by atoms with E-state index in [9.17, 15) is 12.8 Å². The third kappa shape index (κ3) is 9.93. The third-order valence-electron chi connectivity index (χ3n) is 2.80. The Bertz CT molecular complexity index is 579. The molecule has 0 amide bonds. The molecule has 1 aromatic rings. The molecule has 0 spiro atoms. The van der Waals surface area contributed by atoms with Gasteiger partial charge in [0, 0.05) is 26.4 Å². The minimum Gasteiger partial charge on any atom is -0.356 e. The summed E-state index contributed by atoms with van der Waals surface area (Å²) >= 11 is 0. The maximum Gasteiger partial charge on any atom is 0.190 e. The monoisotopic (exact) mass is 443 g/mol. The van der Waals surface area contributed by atoms with Gasteiger partial charge in [0.15, 0.2) is 5.96 Å². The number of nitrogens with zero attached hydrogens (tertiary/aromatic N) is 1. The van der Waals surface area contributed by atoms with Crippen molar-refractivity contribution in [1.29, 1.82) is 0 Å². The lowest BCUT2D eigenvalue weighted by atomic mass is 10.1. The Kier molecular flexibility index (Phi) is 10.3. The highest BCUT2D eigenvalue weighted by molar-refractivity contribution is 14.0. The van der Waals surface area contributed by atoms with Crippen LogP contribution in [0, 0.1) is 5.82 Å². The van der Waals surface area contributed by atoms with Crippen molar-refractivity contribution >= 4 is 39.8 Å². The molecule has 8 heteroatoms. The molecule has 0 saturated heterocycles. The number of nitrogens with one attached hydrogen (secondary N) is 2. The zero-order chi connectivity index (χ0) is 15.7. The zero-order valence-corrected chi connectivity index (χ0v) is 15.9. The lowest BCUT2D eigenvalue weighted by Gasteiger charge is -2.11. The molecule has 1 rings (SSSR count). The molecule has 2 N–H and O–H groups in total. The molecule has 0 bridgehead atoms. The van der Waals surface area contributed by atoms with E-state index in [-0.39, 0.29) is 35.5 Å². The highest BCUT2D eigenvalue weighted by atomic mass is 127. The van der Waals surface area contributed by atoms with Crippen LogP contribution in [0.1, 0.15) is 12.0 Å². The predicted octanol–water partition coefficient (Wildman–Crippen LogP) is 1.59. The molecule has 0 saturated carbocycles. The van der Waals surface area contributed by atoms with Gasteiger partial charge in [0.25, 0.3) is 0 Å². The van der Waals surface area contributed by atoms with Crippen molar-refractivity contribution in [1.82, 2.24) is 10.6 Å². The van der Waals surface area contributed by atoms with Gasteiger partial charge in [-0.1, -0.05) is 12.1 Å². The molecule has 0 aliphatic carbocycles. The molecule has 0 fully saturated rings. The van der Waals surface area contributed by atoms with E-state index < -0.39 is 9.84 Å². The van der Waals surface area contributed by atoms with Gasteiger partial charge in [-0.2, -0.15) is 0 Å². The van der Waals surface area contributed by atoms with Crippen LogP contribution in [-0.2, 0) is 16.3 Å². The van der Waals surface area contributed by atoms with Crippen LogP contribution >= 0.6 is 24.0 Å². The van der Waals surface area contributed by atoms with Gasteiger partial charge < -0.3 is 10.6 Å². The van der Waals surface area contributed by atoms with Crippen molar-refractivity contribution < 1.29 is 12.8 Å². The molecule has 22 heavy (non-hydrogen) atoms. The smallest absolute Gasteiger partial charge is 0.190 e. The van der Waals surface area contributed by atoms with E-state index in [1.807, 2.05) is 6.07 Å². The fraction of sp³-hybridized carbons (Fsp3) is 0.500. The van der Waals surface area contributed by atoms with Crippen LogP contribution in [0.2, 0.25) is 0 Å². The molecule has 126 valence electrons. The standard InChI is InChI=1S/C14H22FN3O2S.HI/c1-16-14(17-8-4-10-21(2,19)20)18-9-7-12-5-3-6-13(15)11-12;/h3,5-6,11H,4,7-10H2,1-2H3,(H2,16,17,18);1H. The summed E-state index contributed by atoms with van der Waals surface area (Å²) in [4.78, 5) is 4.04. The van der Waals surface area contributed by atoms with Crippen LogP contribution < -0.4 is 10.6 Å². The summed E-state index contributed by atoms with van der Waals surface area (Å²) < 4.78 is 35.0. The van der Waals surface area contributed by atoms with Gasteiger partial charge in [-0.25, -0.2) is 12.8 Å². The normalized spacial score (nSPS) is 11.7. The molecule has 0 radical (unpaired) electrons. The Balaban J connectivity index is 0.00000441. The van der Waals surface area contributed by atoms with Crippen molar-refractivity contribution in [2.45, 2.75) is 12.8 Å². The summed E-state index contributed by atoms with van der Waals surface area (Å²) in [5, 5.41) is 6.14. The van der Waals surface area contributed by atoms with Crippen LogP contribution in [0.4, 0.5) is 4.39 Å². The second-order valence-corrected chi connectivity index (χ2v) is 7.05. The predicted molar refractivity (Wildman–Crippen MR) is 99.2 cm³/mol. The molecule has 0 atom stereocenters. The number of sulfone groups is 1. The van der Waals surface area contributed by atoms with Crippen LogP contribution in [0.25, 0.3) is 0 Å². The van der Waals surface area contributed by atoms with E-state index >= 15 is 0 Å². The van der Waals surface area contributed by atoms with Gasteiger partial charge in [-0.15, -0.1) is 24.0 Å². The molecule has 0 unspecified atom stereocenters. The van der Waals surface area contributed by atoms with Crippen LogP contribution in [0.5, 0.6) is 0 Å². The van der Waals surface area contributed by atoms with E-state index in [0.29, 0.717) is 31.9 Å². The number of benzene rings is 1. The molecular formula is C14H23FIN3O2S. The summed E-state index contributed by atoms with van der Waals surface area (Å²) in [6.45, 7) is 1.15. The van der Waals surface area contributed by atoms with Crippen molar-refractivity contribution in [2.24, 2.45) is 4.99 Å². The SMILES string of the molecule is CN=C(NCCCS(C)(=O)=O)NCCc1cccc(F)c1.I. The van der Waals surface area contributed by atoms with Gasteiger partial charge in [0.1, 0.15) is 15.7 Å². The Morgan fingerprint density at radius 3 is 2.55 bits per heavy atom. The number of halogens is 2. The van der Waals surface area contributed by atoms with Crippen molar-refractivity contribution in [2.75, 3.05) is 32.1 Å². The van der Waals surface area contributed by atoms with Gasteiger partial charge in [0.05, 0.1) is 5.75 Å². The first-order chi connectivity index (χ1) is 9.90. The topological polar surface area (TPSA) is 70.6 Å². The van der Waals surface area contributed by atoms with Crippen molar-refractivity contribution in [3.63, 3.8) is 0 Å². The Labute approximate surface area is 148 Å². The second kappa shape index (κ2) is 10.8. The van der Waals surface area contributed by atoms with Crippen LogP contribution in [-0.4, -0.2) is 46.5 Å². The highest BCUT2D eigenvalue weighted by Gasteiger charge is 2.02. The van der Waals surface area contributed by atoms with E-state index in [0.717, 1.165) is 5.56 Å². The fourth-order valence-electron chi connectivity index (χ4n) is 1.78. The maximum absolute atomic E-state index is 13.0. The minimum absolute atomic E-state index is 0. The van der Waals surface area contributed by atoms with Crippen LogP contribution in [0.15, 0.2) is 29.3 Å². The van der Waals surface area contributed by atoms with Crippen molar-refractivity contribution in [3.05, 3.63) is 35.6 Å². The van der Waals surface area contributed by atoms with E-state index in [2.05, 4.69) is 15.6 Å². The molecule has 0 aliphatic heterocycles. The molecular weight excluding hydrogens is 420 g/mol. The summed E-state index contributed by atoms with van der Waals surface area (Å²) in [5.41, 5.74) is 0.912. The Morgan fingerprint density at radius 2 is 1.95 bits per heavy atom. The summed E-state index contributed by atoms with van der Waals surface area (Å²) in [5.74, 6) is 0.524. The lowest BCUT2D eigenvalue weighted by molar-refractivity contribution is 0.598. The second-order valence-electron chi connectivity index (χ2n) is 4.79. The van der Waals surface area contributed by atoms with Crippen molar-refractivity contribution in [3.8, 4) is 0 Å². The fourth-order valence-corrected chi connectivity index (χ4v) is 2.45. The Hall–Kier alpha value is -0.900. The van der Waals surface area contributed by atoms with E-state index in [1.165, 1.54) is 18.4 Å².